The third-order valence-electron chi connectivity index (χ3n) is 4.46. The standard InChI is InChI=1S/C19H20FN5O3S/c20-14-2-1-3-16(12-14)21-18(26)13-23-8-10-24(11-9-23)19(29)22-15-4-6-17(7-5-15)25(27)28/h1-7,12H,8-11,13H2,(H,21,26)(H,22,29). The molecule has 0 radical (unpaired) electrons. The van der Waals surface area contributed by atoms with Crippen molar-refractivity contribution in [1.29, 1.82) is 0 Å². The van der Waals surface area contributed by atoms with Crippen LogP contribution in [-0.2, 0) is 4.79 Å². The third-order valence-corrected chi connectivity index (χ3v) is 4.82. The fraction of sp³-hybridized carbons (Fsp3) is 0.263. The smallest absolute Gasteiger partial charge is 0.269 e. The summed E-state index contributed by atoms with van der Waals surface area (Å²) in [6.45, 7) is 2.81. The number of carbonyl (C=O) groups excluding carboxylic acids is 1. The number of benzene rings is 2. The fourth-order valence-corrected chi connectivity index (χ4v) is 3.25. The Kier molecular flexibility index (Phi) is 6.68. The maximum absolute atomic E-state index is 13.2. The van der Waals surface area contributed by atoms with Gasteiger partial charge in [0, 0.05) is 49.7 Å². The summed E-state index contributed by atoms with van der Waals surface area (Å²) < 4.78 is 13.2. The second kappa shape index (κ2) is 9.39. The van der Waals surface area contributed by atoms with E-state index in [0.717, 1.165) is 0 Å². The van der Waals surface area contributed by atoms with Gasteiger partial charge in [0.2, 0.25) is 5.91 Å². The van der Waals surface area contributed by atoms with Crippen LogP contribution in [0.15, 0.2) is 48.5 Å². The molecule has 1 aliphatic heterocycles. The monoisotopic (exact) mass is 417 g/mol. The summed E-state index contributed by atoms with van der Waals surface area (Å²) >= 11 is 5.41. The second-order valence-electron chi connectivity index (χ2n) is 6.56. The molecular weight excluding hydrogens is 397 g/mol. The minimum atomic E-state index is -0.453. The number of nitro benzene ring substituents is 1. The van der Waals surface area contributed by atoms with Crippen molar-refractivity contribution in [3.63, 3.8) is 0 Å². The summed E-state index contributed by atoms with van der Waals surface area (Å²) in [4.78, 5) is 26.4. The maximum atomic E-state index is 13.2. The molecular formula is C19H20FN5O3S. The minimum absolute atomic E-state index is 0.0200. The molecule has 0 aliphatic carbocycles. The summed E-state index contributed by atoms with van der Waals surface area (Å²) in [7, 11) is 0. The lowest BCUT2D eigenvalue weighted by Gasteiger charge is -2.35. The Bertz CT molecular complexity index is 901. The number of non-ortho nitro benzene ring substituents is 1. The van der Waals surface area contributed by atoms with Crippen LogP contribution in [0, 0.1) is 15.9 Å². The van der Waals surface area contributed by atoms with E-state index in [1.54, 1.807) is 24.3 Å². The number of nitro groups is 1. The first-order valence-corrected chi connectivity index (χ1v) is 9.40. The number of hydrogen-bond acceptors (Lipinski definition) is 5. The highest BCUT2D eigenvalue weighted by Crippen LogP contribution is 2.16. The van der Waals surface area contributed by atoms with Crippen molar-refractivity contribution >= 4 is 40.3 Å². The van der Waals surface area contributed by atoms with Crippen LogP contribution < -0.4 is 10.6 Å². The van der Waals surface area contributed by atoms with Gasteiger partial charge in [0.1, 0.15) is 5.82 Å². The van der Waals surface area contributed by atoms with E-state index >= 15 is 0 Å². The van der Waals surface area contributed by atoms with Crippen molar-refractivity contribution in [3.05, 3.63) is 64.5 Å². The van der Waals surface area contributed by atoms with E-state index in [1.165, 1.54) is 24.3 Å². The molecule has 1 aliphatic rings. The molecule has 152 valence electrons. The van der Waals surface area contributed by atoms with Gasteiger partial charge in [-0.05, 0) is 42.5 Å². The van der Waals surface area contributed by atoms with Crippen LogP contribution in [0.1, 0.15) is 0 Å². The topological polar surface area (TPSA) is 90.8 Å². The number of hydrogen-bond donors (Lipinski definition) is 2. The van der Waals surface area contributed by atoms with Gasteiger partial charge in [-0.3, -0.25) is 19.8 Å². The summed E-state index contributed by atoms with van der Waals surface area (Å²) in [5, 5.41) is 17.0. The lowest BCUT2D eigenvalue weighted by molar-refractivity contribution is -0.384. The Morgan fingerprint density at radius 2 is 1.76 bits per heavy atom. The normalized spacial score (nSPS) is 14.3. The maximum Gasteiger partial charge on any atom is 0.269 e. The number of anilines is 2. The molecule has 8 nitrogen and oxygen atoms in total. The van der Waals surface area contributed by atoms with Crippen molar-refractivity contribution in [2.45, 2.75) is 0 Å². The number of piperazine rings is 1. The number of rotatable bonds is 5. The van der Waals surface area contributed by atoms with Crippen molar-refractivity contribution in [1.82, 2.24) is 9.80 Å². The van der Waals surface area contributed by atoms with Gasteiger partial charge in [-0.1, -0.05) is 6.07 Å². The van der Waals surface area contributed by atoms with E-state index in [2.05, 4.69) is 10.6 Å². The highest BCUT2D eigenvalue weighted by Gasteiger charge is 2.21. The Labute approximate surface area is 172 Å². The first-order valence-electron chi connectivity index (χ1n) is 8.99. The predicted molar refractivity (Wildman–Crippen MR) is 112 cm³/mol. The molecule has 2 aromatic carbocycles. The molecule has 0 atom stereocenters. The number of nitrogens with zero attached hydrogens (tertiary/aromatic N) is 3. The Morgan fingerprint density at radius 1 is 1.07 bits per heavy atom. The molecule has 0 unspecified atom stereocenters. The minimum Gasteiger partial charge on any atom is -0.346 e. The molecule has 0 bridgehead atoms. The summed E-state index contributed by atoms with van der Waals surface area (Å²) in [6, 6.07) is 11.8. The van der Waals surface area contributed by atoms with E-state index in [-0.39, 0.29) is 18.1 Å². The lowest BCUT2D eigenvalue weighted by atomic mass is 10.3. The van der Waals surface area contributed by atoms with Gasteiger partial charge in [0.15, 0.2) is 5.11 Å². The molecule has 10 heteroatoms. The van der Waals surface area contributed by atoms with E-state index in [0.29, 0.717) is 42.7 Å². The summed E-state index contributed by atoms with van der Waals surface area (Å²) in [5.74, 6) is -0.596. The molecule has 2 aromatic rings. The fourth-order valence-electron chi connectivity index (χ4n) is 2.95. The van der Waals surface area contributed by atoms with Crippen molar-refractivity contribution in [3.8, 4) is 0 Å². The Balaban J connectivity index is 1.44. The lowest BCUT2D eigenvalue weighted by Crippen LogP contribution is -2.51. The van der Waals surface area contributed by atoms with Crippen molar-refractivity contribution < 1.29 is 14.1 Å². The Hall–Kier alpha value is -3.11. The van der Waals surface area contributed by atoms with Gasteiger partial charge in [0.05, 0.1) is 11.5 Å². The molecule has 1 heterocycles. The van der Waals surface area contributed by atoms with Crippen molar-refractivity contribution in [2.75, 3.05) is 43.4 Å². The highest BCUT2D eigenvalue weighted by molar-refractivity contribution is 7.80. The van der Waals surface area contributed by atoms with Crippen LogP contribution >= 0.6 is 12.2 Å². The van der Waals surface area contributed by atoms with Crippen LogP contribution in [0.2, 0.25) is 0 Å². The third kappa shape index (κ3) is 5.93. The first-order chi connectivity index (χ1) is 13.9. The molecule has 0 saturated carbocycles. The van der Waals surface area contributed by atoms with E-state index in [9.17, 15) is 19.3 Å². The average Bonchev–Trinajstić information content (AvgIpc) is 2.69. The van der Waals surface area contributed by atoms with E-state index < -0.39 is 10.7 Å². The molecule has 29 heavy (non-hydrogen) atoms. The van der Waals surface area contributed by atoms with Crippen LogP contribution in [0.4, 0.5) is 21.5 Å². The van der Waals surface area contributed by atoms with Gasteiger partial charge in [-0.15, -0.1) is 0 Å². The molecule has 0 spiro atoms. The molecule has 0 aromatic heterocycles. The number of nitrogens with one attached hydrogen (secondary N) is 2. The van der Waals surface area contributed by atoms with Gasteiger partial charge in [0.25, 0.3) is 5.69 Å². The van der Waals surface area contributed by atoms with E-state index in [1.807, 2.05) is 9.80 Å². The van der Waals surface area contributed by atoms with Gasteiger partial charge >= 0.3 is 0 Å². The zero-order valence-corrected chi connectivity index (χ0v) is 16.3. The highest BCUT2D eigenvalue weighted by atomic mass is 32.1. The SMILES string of the molecule is O=C(CN1CCN(C(=S)Nc2ccc([N+](=O)[O-])cc2)CC1)Nc1cccc(F)c1. The number of halogens is 1. The zero-order valence-electron chi connectivity index (χ0n) is 15.5. The number of thiocarbonyl (C=S) groups is 1. The predicted octanol–water partition coefficient (Wildman–Crippen LogP) is 2.69. The Morgan fingerprint density at radius 3 is 2.38 bits per heavy atom. The zero-order chi connectivity index (χ0) is 20.8. The number of amides is 1. The van der Waals surface area contributed by atoms with Crippen LogP contribution in [0.5, 0.6) is 0 Å². The van der Waals surface area contributed by atoms with Gasteiger partial charge in [-0.25, -0.2) is 4.39 Å². The molecule has 1 amide bonds. The largest absolute Gasteiger partial charge is 0.346 e. The molecule has 1 fully saturated rings. The number of carbonyl (C=O) groups is 1. The summed E-state index contributed by atoms with van der Waals surface area (Å²) in [6.07, 6.45) is 0. The van der Waals surface area contributed by atoms with Crippen molar-refractivity contribution in [2.24, 2.45) is 0 Å². The van der Waals surface area contributed by atoms with E-state index in [4.69, 9.17) is 12.2 Å². The molecule has 3 rings (SSSR count). The van der Waals surface area contributed by atoms with Crippen LogP contribution in [-0.4, -0.2) is 58.5 Å². The van der Waals surface area contributed by atoms with Crippen LogP contribution in [0.25, 0.3) is 0 Å². The van der Waals surface area contributed by atoms with Gasteiger partial charge < -0.3 is 15.5 Å². The quantitative estimate of drug-likeness (QED) is 0.439. The first kappa shape index (κ1) is 20.6. The molecule has 1 saturated heterocycles. The van der Waals surface area contributed by atoms with Gasteiger partial charge in [-0.2, -0.15) is 0 Å². The second-order valence-corrected chi connectivity index (χ2v) is 6.94. The molecule has 2 N–H and O–H groups in total. The van der Waals surface area contributed by atoms with Crippen LogP contribution in [0.3, 0.4) is 0 Å². The average molecular weight is 417 g/mol. The summed E-state index contributed by atoms with van der Waals surface area (Å²) in [5.41, 5.74) is 1.13.